The van der Waals surface area contributed by atoms with E-state index in [4.69, 9.17) is 9.79 Å². The van der Waals surface area contributed by atoms with E-state index in [0.29, 0.717) is 18.5 Å². The van der Waals surface area contributed by atoms with E-state index in [1.165, 1.54) is 5.30 Å². The van der Waals surface area contributed by atoms with E-state index in [9.17, 15) is 4.57 Å². The van der Waals surface area contributed by atoms with Crippen molar-refractivity contribution in [2.24, 2.45) is 0 Å². The molecule has 2 rings (SSSR count). The standard InChI is InChI=1S/C12H18O3P2/c13-17(14,15)12-8-6-11(7-9-12)16-10-4-2-1-3-5-10/h1-5,11-12,16H,6-9H2,(H2,13,14,15). The van der Waals surface area contributed by atoms with Gasteiger partial charge in [0.15, 0.2) is 0 Å². The third kappa shape index (κ3) is 3.89. The van der Waals surface area contributed by atoms with Crippen molar-refractivity contribution in [1.29, 1.82) is 0 Å². The molecule has 0 heterocycles. The van der Waals surface area contributed by atoms with Crippen molar-refractivity contribution in [3.8, 4) is 0 Å². The zero-order valence-corrected chi connectivity index (χ0v) is 11.5. The maximum absolute atomic E-state index is 11.1. The highest BCUT2D eigenvalue weighted by Crippen LogP contribution is 2.49. The van der Waals surface area contributed by atoms with Crippen LogP contribution in [0.1, 0.15) is 25.7 Å². The molecule has 1 aliphatic carbocycles. The molecule has 0 aromatic heterocycles. The average Bonchev–Trinajstić information content (AvgIpc) is 2.30. The fourth-order valence-electron chi connectivity index (χ4n) is 2.33. The van der Waals surface area contributed by atoms with Crippen LogP contribution >= 0.6 is 16.2 Å². The third-order valence-corrected chi connectivity index (χ3v) is 6.44. The van der Waals surface area contributed by atoms with Crippen LogP contribution in [-0.2, 0) is 4.57 Å². The second kappa shape index (κ2) is 5.63. The normalized spacial score (nSPS) is 26.5. The van der Waals surface area contributed by atoms with Gasteiger partial charge < -0.3 is 9.79 Å². The Morgan fingerprint density at radius 3 is 2.18 bits per heavy atom. The van der Waals surface area contributed by atoms with E-state index in [1.807, 2.05) is 18.2 Å². The molecule has 17 heavy (non-hydrogen) atoms. The highest BCUT2D eigenvalue weighted by atomic mass is 31.2. The fourth-order valence-corrected chi connectivity index (χ4v) is 4.78. The van der Waals surface area contributed by atoms with Gasteiger partial charge in [-0.25, -0.2) is 0 Å². The fraction of sp³-hybridized carbons (Fsp3) is 0.500. The van der Waals surface area contributed by atoms with Crippen LogP contribution in [0.25, 0.3) is 0 Å². The number of hydrogen-bond donors (Lipinski definition) is 2. The van der Waals surface area contributed by atoms with Crippen LogP contribution < -0.4 is 5.30 Å². The summed E-state index contributed by atoms with van der Waals surface area (Å²) in [7, 11) is -3.07. The molecule has 0 aliphatic heterocycles. The van der Waals surface area contributed by atoms with E-state index < -0.39 is 7.60 Å². The third-order valence-electron chi connectivity index (χ3n) is 3.32. The Bertz CT molecular complexity index is 393. The molecule has 0 bridgehead atoms. The SMILES string of the molecule is O=P(O)(O)C1CCC(Pc2ccccc2)CC1. The van der Waals surface area contributed by atoms with Crippen LogP contribution in [0, 0.1) is 0 Å². The molecule has 1 fully saturated rings. The van der Waals surface area contributed by atoms with Crippen molar-refractivity contribution in [2.45, 2.75) is 37.0 Å². The summed E-state index contributed by atoms with van der Waals surface area (Å²) in [6, 6.07) is 10.4. The van der Waals surface area contributed by atoms with Gasteiger partial charge in [0.05, 0.1) is 5.66 Å². The molecule has 5 heteroatoms. The van der Waals surface area contributed by atoms with Crippen LogP contribution in [-0.4, -0.2) is 21.1 Å². The smallest absolute Gasteiger partial charge is 0.324 e. The van der Waals surface area contributed by atoms with Crippen molar-refractivity contribution in [3.05, 3.63) is 30.3 Å². The van der Waals surface area contributed by atoms with Gasteiger partial charge >= 0.3 is 7.60 Å². The minimum Gasteiger partial charge on any atom is -0.324 e. The molecule has 94 valence electrons. The van der Waals surface area contributed by atoms with Crippen molar-refractivity contribution in [2.75, 3.05) is 0 Å². The lowest BCUT2D eigenvalue weighted by Crippen LogP contribution is -2.21. The molecule has 0 spiro atoms. The van der Waals surface area contributed by atoms with E-state index >= 15 is 0 Å². The molecule has 1 aromatic carbocycles. The maximum atomic E-state index is 11.1. The van der Waals surface area contributed by atoms with Crippen LogP contribution in [0.5, 0.6) is 0 Å². The van der Waals surface area contributed by atoms with Gasteiger partial charge in [-0.15, -0.1) is 0 Å². The largest absolute Gasteiger partial charge is 0.328 e. The van der Waals surface area contributed by atoms with Crippen LogP contribution in [0.2, 0.25) is 0 Å². The Balaban J connectivity index is 1.86. The first-order valence-corrected chi connectivity index (χ1v) is 8.68. The molecular weight excluding hydrogens is 254 g/mol. The maximum Gasteiger partial charge on any atom is 0.328 e. The molecule has 2 N–H and O–H groups in total. The van der Waals surface area contributed by atoms with E-state index in [0.717, 1.165) is 21.4 Å². The summed E-state index contributed by atoms with van der Waals surface area (Å²) >= 11 is 0. The summed E-state index contributed by atoms with van der Waals surface area (Å²) in [5.41, 5.74) is 0.222. The lowest BCUT2D eigenvalue weighted by atomic mass is 10.00. The van der Waals surface area contributed by atoms with Crippen LogP contribution in [0.15, 0.2) is 30.3 Å². The molecular formula is C12H18O3P2. The average molecular weight is 272 g/mol. The van der Waals surface area contributed by atoms with Gasteiger partial charge in [0.2, 0.25) is 0 Å². The summed E-state index contributed by atoms with van der Waals surface area (Å²) in [5, 5.41) is 1.35. The molecule has 1 aliphatic rings. The molecule has 1 atom stereocenters. The summed E-state index contributed by atoms with van der Waals surface area (Å²) in [5.74, 6) is 0. The van der Waals surface area contributed by atoms with Gasteiger partial charge in [-0.2, -0.15) is 0 Å². The zero-order valence-electron chi connectivity index (χ0n) is 9.62. The highest BCUT2D eigenvalue weighted by Gasteiger charge is 2.32. The first-order chi connectivity index (χ1) is 8.05. The van der Waals surface area contributed by atoms with Crippen molar-refractivity contribution in [3.63, 3.8) is 0 Å². The number of hydrogen-bond acceptors (Lipinski definition) is 1. The monoisotopic (exact) mass is 272 g/mol. The predicted molar refractivity (Wildman–Crippen MR) is 72.5 cm³/mol. The zero-order chi connectivity index (χ0) is 12.3. The van der Waals surface area contributed by atoms with Crippen LogP contribution in [0.3, 0.4) is 0 Å². The second-order valence-electron chi connectivity index (χ2n) is 4.60. The molecule has 1 unspecified atom stereocenters. The quantitative estimate of drug-likeness (QED) is 0.831. The van der Waals surface area contributed by atoms with Gasteiger partial charge in [-0.05, 0) is 36.6 Å². The minimum absolute atomic E-state index is 0.390. The van der Waals surface area contributed by atoms with Crippen LogP contribution in [0.4, 0.5) is 0 Å². The Morgan fingerprint density at radius 1 is 1.06 bits per heavy atom. The molecule has 3 nitrogen and oxygen atoms in total. The Labute approximate surface area is 104 Å². The van der Waals surface area contributed by atoms with E-state index in [2.05, 4.69) is 12.1 Å². The minimum atomic E-state index is -3.85. The molecule has 0 amide bonds. The summed E-state index contributed by atoms with van der Waals surface area (Å²) in [4.78, 5) is 18.3. The molecule has 0 radical (unpaired) electrons. The lowest BCUT2D eigenvalue weighted by molar-refractivity contribution is 0.338. The van der Waals surface area contributed by atoms with E-state index in [1.54, 1.807) is 0 Å². The Hall–Kier alpha value is -0.200. The highest BCUT2D eigenvalue weighted by molar-refractivity contribution is 7.52. The van der Waals surface area contributed by atoms with Crippen molar-refractivity contribution in [1.82, 2.24) is 0 Å². The lowest BCUT2D eigenvalue weighted by Gasteiger charge is -2.28. The summed E-state index contributed by atoms with van der Waals surface area (Å²) < 4.78 is 11.1. The number of benzene rings is 1. The number of rotatable bonds is 3. The van der Waals surface area contributed by atoms with E-state index in [-0.39, 0.29) is 5.66 Å². The second-order valence-corrected chi connectivity index (χ2v) is 8.20. The molecule has 1 aromatic rings. The van der Waals surface area contributed by atoms with Gasteiger partial charge in [-0.1, -0.05) is 38.9 Å². The van der Waals surface area contributed by atoms with Gasteiger partial charge in [0, 0.05) is 0 Å². The van der Waals surface area contributed by atoms with Gasteiger partial charge in [0.1, 0.15) is 0 Å². The topological polar surface area (TPSA) is 57.5 Å². The van der Waals surface area contributed by atoms with Gasteiger partial charge in [-0.3, -0.25) is 4.57 Å². The summed E-state index contributed by atoms with van der Waals surface area (Å²) in [6.45, 7) is 0. The Kier molecular flexibility index (Phi) is 4.38. The molecule has 0 saturated heterocycles. The van der Waals surface area contributed by atoms with Gasteiger partial charge in [0.25, 0.3) is 0 Å². The first kappa shape index (κ1) is 13.2. The van der Waals surface area contributed by atoms with Crippen molar-refractivity contribution >= 4 is 21.5 Å². The van der Waals surface area contributed by atoms with Crippen molar-refractivity contribution < 1.29 is 14.4 Å². The first-order valence-electron chi connectivity index (χ1n) is 5.92. The summed E-state index contributed by atoms with van der Waals surface area (Å²) in [6.07, 6.45) is 3.25. The predicted octanol–water partition coefficient (Wildman–Crippen LogP) is 2.48. The Morgan fingerprint density at radius 2 is 1.65 bits per heavy atom. The molecule has 1 saturated carbocycles.